The van der Waals surface area contributed by atoms with E-state index in [2.05, 4.69) is 18.7 Å². The molecular weight excluding hydrogens is 176 g/mol. The summed E-state index contributed by atoms with van der Waals surface area (Å²) in [7, 11) is 0. The summed E-state index contributed by atoms with van der Waals surface area (Å²) < 4.78 is 0. The number of likely N-dealkylation sites (tertiary alicyclic amines) is 1. The highest BCUT2D eigenvalue weighted by Gasteiger charge is 2.29. The Morgan fingerprint density at radius 1 is 1.57 bits per heavy atom. The number of aliphatic hydroxyl groups excluding tert-OH is 1. The van der Waals surface area contributed by atoms with Crippen LogP contribution in [0.5, 0.6) is 0 Å². The molecule has 1 saturated heterocycles. The molecule has 3 heteroatoms. The zero-order valence-corrected chi connectivity index (χ0v) is 9.66. The van der Waals surface area contributed by atoms with E-state index in [4.69, 9.17) is 5.73 Å². The normalized spacial score (nSPS) is 26.8. The zero-order valence-electron chi connectivity index (χ0n) is 9.66. The molecule has 2 unspecified atom stereocenters. The lowest BCUT2D eigenvalue weighted by molar-refractivity contribution is 0.122. The zero-order chi connectivity index (χ0) is 10.8. The van der Waals surface area contributed by atoms with Crippen LogP contribution in [-0.4, -0.2) is 42.3 Å². The first-order chi connectivity index (χ1) is 6.44. The van der Waals surface area contributed by atoms with Crippen molar-refractivity contribution in [3.05, 3.63) is 0 Å². The summed E-state index contributed by atoms with van der Waals surface area (Å²) >= 11 is 0. The highest BCUT2D eigenvalue weighted by molar-refractivity contribution is 4.83. The lowest BCUT2D eigenvalue weighted by atomic mass is 9.93. The molecule has 0 aromatic heterocycles. The first-order valence-corrected chi connectivity index (χ1v) is 5.55. The first kappa shape index (κ1) is 12.0. The Morgan fingerprint density at radius 2 is 2.21 bits per heavy atom. The molecule has 14 heavy (non-hydrogen) atoms. The maximum Gasteiger partial charge on any atom is 0.0552 e. The maximum atomic E-state index is 9.47. The molecule has 2 atom stereocenters. The smallest absolute Gasteiger partial charge is 0.0552 e. The molecular formula is C11H24N2O. The predicted molar refractivity (Wildman–Crippen MR) is 59.1 cm³/mol. The van der Waals surface area contributed by atoms with Crippen LogP contribution in [0.1, 0.15) is 27.2 Å². The minimum Gasteiger partial charge on any atom is -0.393 e. The minimum atomic E-state index is -0.166. The van der Waals surface area contributed by atoms with E-state index in [1.165, 1.54) is 0 Å². The van der Waals surface area contributed by atoms with Crippen molar-refractivity contribution < 1.29 is 5.11 Å². The molecule has 0 aromatic rings. The predicted octanol–water partition coefficient (Wildman–Crippen LogP) is 0.674. The van der Waals surface area contributed by atoms with E-state index in [0.29, 0.717) is 5.92 Å². The van der Waals surface area contributed by atoms with Crippen LogP contribution in [0.2, 0.25) is 0 Å². The summed E-state index contributed by atoms with van der Waals surface area (Å²) in [6.45, 7) is 10.2. The Kier molecular flexibility index (Phi) is 3.93. The summed E-state index contributed by atoms with van der Waals surface area (Å²) in [4.78, 5) is 2.42. The Balaban J connectivity index is 2.36. The van der Waals surface area contributed by atoms with Gasteiger partial charge in [-0.2, -0.15) is 0 Å². The van der Waals surface area contributed by atoms with Gasteiger partial charge in [-0.1, -0.05) is 13.8 Å². The fraction of sp³-hybridized carbons (Fsp3) is 1.00. The molecule has 3 nitrogen and oxygen atoms in total. The molecule has 0 aromatic carbocycles. The van der Waals surface area contributed by atoms with Crippen LogP contribution >= 0.6 is 0 Å². The fourth-order valence-corrected chi connectivity index (χ4v) is 2.07. The standard InChI is InChI=1S/C11H24N2O/c1-9(14)10-4-5-13(6-10)8-11(2,3)7-12/h9-10,14H,4-8,12H2,1-3H3. The van der Waals surface area contributed by atoms with Crippen LogP contribution in [0, 0.1) is 11.3 Å². The van der Waals surface area contributed by atoms with Gasteiger partial charge in [-0.05, 0) is 37.8 Å². The molecule has 1 rings (SSSR count). The topological polar surface area (TPSA) is 49.5 Å². The summed E-state index contributed by atoms with van der Waals surface area (Å²) in [5.41, 5.74) is 5.90. The quantitative estimate of drug-likeness (QED) is 0.701. The summed E-state index contributed by atoms with van der Waals surface area (Å²) in [6.07, 6.45) is 0.958. The number of rotatable bonds is 4. The van der Waals surface area contributed by atoms with E-state index in [0.717, 1.165) is 32.6 Å². The maximum absolute atomic E-state index is 9.47. The number of hydrogen-bond acceptors (Lipinski definition) is 3. The van der Waals surface area contributed by atoms with Gasteiger partial charge in [-0.15, -0.1) is 0 Å². The monoisotopic (exact) mass is 200 g/mol. The highest BCUT2D eigenvalue weighted by atomic mass is 16.3. The SMILES string of the molecule is CC(O)C1CCN(CC(C)(C)CN)C1. The van der Waals surface area contributed by atoms with Crippen molar-refractivity contribution in [3.8, 4) is 0 Å². The largest absolute Gasteiger partial charge is 0.393 e. The molecule has 1 fully saturated rings. The molecule has 0 bridgehead atoms. The van der Waals surface area contributed by atoms with E-state index in [1.54, 1.807) is 0 Å². The molecule has 0 aliphatic carbocycles. The van der Waals surface area contributed by atoms with Crippen molar-refractivity contribution in [1.82, 2.24) is 4.90 Å². The van der Waals surface area contributed by atoms with Gasteiger partial charge in [0.05, 0.1) is 6.10 Å². The van der Waals surface area contributed by atoms with Crippen LogP contribution in [0.4, 0.5) is 0 Å². The average molecular weight is 200 g/mol. The second-order valence-electron chi connectivity index (χ2n) is 5.39. The van der Waals surface area contributed by atoms with Gasteiger partial charge < -0.3 is 15.7 Å². The van der Waals surface area contributed by atoms with Gasteiger partial charge in [-0.25, -0.2) is 0 Å². The lowest BCUT2D eigenvalue weighted by Crippen LogP contribution is -2.38. The van der Waals surface area contributed by atoms with Gasteiger partial charge in [0.15, 0.2) is 0 Å². The Morgan fingerprint density at radius 3 is 2.64 bits per heavy atom. The Hall–Kier alpha value is -0.120. The third kappa shape index (κ3) is 3.23. The molecule has 1 aliphatic heterocycles. The first-order valence-electron chi connectivity index (χ1n) is 5.55. The van der Waals surface area contributed by atoms with Crippen molar-refractivity contribution in [2.45, 2.75) is 33.3 Å². The van der Waals surface area contributed by atoms with E-state index in [-0.39, 0.29) is 11.5 Å². The molecule has 0 radical (unpaired) electrons. The van der Waals surface area contributed by atoms with Gasteiger partial charge in [0.1, 0.15) is 0 Å². The molecule has 0 amide bonds. The third-order valence-corrected chi connectivity index (χ3v) is 3.20. The van der Waals surface area contributed by atoms with Crippen LogP contribution in [0.3, 0.4) is 0 Å². The van der Waals surface area contributed by atoms with Crippen molar-refractivity contribution in [2.24, 2.45) is 17.1 Å². The van der Waals surface area contributed by atoms with Crippen molar-refractivity contribution in [1.29, 1.82) is 0 Å². The second kappa shape index (κ2) is 4.60. The van der Waals surface area contributed by atoms with Gasteiger partial charge >= 0.3 is 0 Å². The molecule has 0 saturated carbocycles. The van der Waals surface area contributed by atoms with Crippen molar-refractivity contribution in [2.75, 3.05) is 26.2 Å². The van der Waals surface area contributed by atoms with Crippen LogP contribution < -0.4 is 5.73 Å². The van der Waals surface area contributed by atoms with E-state index in [9.17, 15) is 5.11 Å². The number of aliphatic hydroxyl groups is 1. The number of nitrogens with two attached hydrogens (primary N) is 1. The molecule has 1 aliphatic rings. The number of hydrogen-bond donors (Lipinski definition) is 2. The third-order valence-electron chi connectivity index (χ3n) is 3.20. The molecule has 84 valence electrons. The van der Waals surface area contributed by atoms with E-state index < -0.39 is 0 Å². The lowest BCUT2D eigenvalue weighted by Gasteiger charge is -2.29. The van der Waals surface area contributed by atoms with Crippen molar-refractivity contribution >= 4 is 0 Å². The van der Waals surface area contributed by atoms with Crippen LogP contribution in [0.25, 0.3) is 0 Å². The molecule has 3 N–H and O–H groups in total. The van der Waals surface area contributed by atoms with E-state index in [1.807, 2.05) is 6.92 Å². The van der Waals surface area contributed by atoms with Crippen molar-refractivity contribution in [3.63, 3.8) is 0 Å². The molecule has 1 heterocycles. The Labute approximate surface area is 87.3 Å². The second-order valence-corrected chi connectivity index (χ2v) is 5.39. The molecule has 0 spiro atoms. The number of nitrogens with zero attached hydrogens (tertiary/aromatic N) is 1. The van der Waals surface area contributed by atoms with E-state index >= 15 is 0 Å². The van der Waals surface area contributed by atoms with Gasteiger partial charge in [0.2, 0.25) is 0 Å². The minimum absolute atomic E-state index is 0.166. The van der Waals surface area contributed by atoms with Gasteiger partial charge in [0.25, 0.3) is 0 Å². The summed E-state index contributed by atoms with van der Waals surface area (Å²) in [5.74, 6) is 0.462. The Bertz CT molecular complexity index is 180. The van der Waals surface area contributed by atoms with Crippen LogP contribution in [0.15, 0.2) is 0 Å². The van der Waals surface area contributed by atoms with Crippen LogP contribution in [-0.2, 0) is 0 Å². The van der Waals surface area contributed by atoms with Gasteiger partial charge in [-0.3, -0.25) is 0 Å². The highest BCUT2D eigenvalue weighted by Crippen LogP contribution is 2.23. The summed E-state index contributed by atoms with van der Waals surface area (Å²) in [6, 6.07) is 0. The van der Waals surface area contributed by atoms with Gasteiger partial charge in [0, 0.05) is 13.1 Å². The fourth-order valence-electron chi connectivity index (χ4n) is 2.07. The summed E-state index contributed by atoms with van der Waals surface area (Å²) in [5, 5.41) is 9.47. The average Bonchev–Trinajstić information content (AvgIpc) is 2.52.